The zero-order valence-electron chi connectivity index (χ0n) is 11.8. The molecule has 2 aromatic heterocycles. The van der Waals surface area contributed by atoms with E-state index in [4.69, 9.17) is 4.42 Å². The molecule has 0 saturated heterocycles. The van der Waals surface area contributed by atoms with Gasteiger partial charge in [0.1, 0.15) is 17.9 Å². The number of H-pyrrole nitrogens is 1. The number of ketones is 2. The maximum Gasteiger partial charge on any atom is 0.265 e. The first-order valence-electron chi connectivity index (χ1n) is 6.73. The van der Waals surface area contributed by atoms with Gasteiger partial charge in [0.25, 0.3) is 5.78 Å². The summed E-state index contributed by atoms with van der Waals surface area (Å²) < 4.78 is 18.3. The minimum absolute atomic E-state index is 0.110. The zero-order chi connectivity index (χ0) is 16.2. The second-order valence-electron chi connectivity index (χ2n) is 4.79. The second kappa shape index (κ2) is 6.30. The summed E-state index contributed by atoms with van der Waals surface area (Å²) in [6.45, 7) is 0. The number of nitrogens with one attached hydrogen (secondary N) is 1. The maximum absolute atomic E-state index is 12.8. The van der Waals surface area contributed by atoms with Crippen molar-refractivity contribution < 1.29 is 18.4 Å². The number of Topliss-reactive ketones (excluding diaryl/α,β-unsaturated/α-hetero) is 2. The molecular formula is C15H11FN4O3. The van der Waals surface area contributed by atoms with Gasteiger partial charge in [0, 0.05) is 6.42 Å². The first-order valence-corrected chi connectivity index (χ1v) is 6.73. The predicted molar refractivity (Wildman–Crippen MR) is 75.1 cm³/mol. The largest absolute Gasteiger partial charge is 0.445 e. The van der Waals surface area contributed by atoms with Gasteiger partial charge in [-0.2, -0.15) is 5.10 Å². The highest BCUT2D eigenvalue weighted by Crippen LogP contribution is 2.12. The summed E-state index contributed by atoms with van der Waals surface area (Å²) >= 11 is 0. The summed E-state index contributed by atoms with van der Waals surface area (Å²) in [6.07, 6.45) is 2.70. The molecule has 0 aliphatic carbocycles. The zero-order valence-corrected chi connectivity index (χ0v) is 11.8. The molecule has 1 N–H and O–H groups in total. The van der Waals surface area contributed by atoms with Crippen molar-refractivity contribution in [2.45, 2.75) is 12.8 Å². The molecular weight excluding hydrogens is 303 g/mol. The van der Waals surface area contributed by atoms with E-state index in [2.05, 4.69) is 20.2 Å². The Bertz CT molecular complexity index is 825. The highest BCUT2D eigenvalue weighted by atomic mass is 19.1. The number of nitrogens with zero attached hydrogens (tertiary/aromatic N) is 3. The highest BCUT2D eigenvalue weighted by Gasteiger charge is 2.21. The van der Waals surface area contributed by atoms with Gasteiger partial charge in [0.15, 0.2) is 11.7 Å². The van der Waals surface area contributed by atoms with Gasteiger partial charge in [0.2, 0.25) is 5.78 Å². The van der Waals surface area contributed by atoms with Crippen molar-refractivity contribution in [3.05, 3.63) is 65.6 Å². The average Bonchev–Trinajstić information content (AvgIpc) is 3.21. The first-order chi connectivity index (χ1) is 11.1. The molecule has 3 aromatic rings. The van der Waals surface area contributed by atoms with Crippen LogP contribution in [0.5, 0.6) is 0 Å². The Morgan fingerprint density at radius 2 is 1.96 bits per heavy atom. The van der Waals surface area contributed by atoms with Crippen LogP contribution in [0.1, 0.15) is 27.8 Å². The van der Waals surface area contributed by atoms with Crippen LogP contribution in [0.15, 0.2) is 41.2 Å². The molecule has 0 unspecified atom stereocenters. The summed E-state index contributed by atoms with van der Waals surface area (Å²) in [6, 6.07) is 5.94. The number of carbonyl (C=O) groups excluding carboxylic acids is 2. The lowest BCUT2D eigenvalue weighted by molar-refractivity contribution is -0.114. The van der Waals surface area contributed by atoms with Crippen molar-refractivity contribution in [2.75, 3.05) is 0 Å². The van der Waals surface area contributed by atoms with E-state index >= 15 is 0 Å². The highest BCUT2D eigenvalue weighted by molar-refractivity contribution is 6.42. The standard InChI is InChI=1S/C15H11FN4O3/c16-10-3-1-9(2-4-10)5-13-17-7-11(23-13)6-12(21)14(22)15-18-8-19-20-15/h1-4,7-8H,5-6H2,(H,18,19,20). The molecule has 0 aliphatic rings. The monoisotopic (exact) mass is 314 g/mol. The van der Waals surface area contributed by atoms with E-state index in [-0.39, 0.29) is 23.8 Å². The van der Waals surface area contributed by atoms with Crippen molar-refractivity contribution in [2.24, 2.45) is 0 Å². The van der Waals surface area contributed by atoms with Gasteiger partial charge in [0.05, 0.1) is 12.6 Å². The Labute approximate surface area is 129 Å². The number of hydrogen-bond donors (Lipinski definition) is 1. The quantitative estimate of drug-likeness (QED) is 0.546. The van der Waals surface area contributed by atoms with E-state index in [1.165, 1.54) is 18.3 Å². The van der Waals surface area contributed by atoms with E-state index in [0.29, 0.717) is 12.3 Å². The molecule has 116 valence electrons. The molecule has 2 heterocycles. The van der Waals surface area contributed by atoms with E-state index < -0.39 is 11.6 Å². The number of hydrogen-bond acceptors (Lipinski definition) is 6. The number of aromatic nitrogens is 4. The van der Waals surface area contributed by atoms with Gasteiger partial charge in [-0.3, -0.25) is 14.7 Å². The van der Waals surface area contributed by atoms with Crippen LogP contribution < -0.4 is 0 Å². The smallest absolute Gasteiger partial charge is 0.265 e. The molecule has 0 aliphatic heterocycles. The van der Waals surface area contributed by atoms with Crippen LogP contribution in [0, 0.1) is 5.82 Å². The van der Waals surface area contributed by atoms with Crippen LogP contribution in [0.4, 0.5) is 4.39 Å². The molecule has 0 radical (unpaired) electrons. The molecule has 23 heavy (non-hydrogen) atoms. The van der Waals surface area contributed by atoms with E-state index in [9.17, 15) is 14.0 Å². The van der Waals surface area contributed by atoms with Crippen LogP contribution in [-0.2, 0) is 17.6 Å². The first kappa shape index (κ1) is 14.8. The van der Waals surface area contributed by atoms with Crippen LogP contribution >= 0.6 is 0 Å². The Balaban J connectivity index is 1.64. The molecule has 0 spiro atoms. The number of rotatable bonds is 6. The molecule has 0 amide bonds. The van der Waals surface area contributed by atoms with Gasteiger partial charge in [-0.05, 0) is 17.7 Å². The topological polar surface area (TPSA) is 102 Å². The summed E-state index contributed by atoms with van der Waals surface area (Å²) in [4.78, 5) is 31.3. The second-order valence-corrected chi connectivity index (χ2v) is 4.79. The third-order valence-electron chi connectivity index (χ3n) is 3.09. The summed E-state index contributed by atoms with van der Waals surface area (Å²) in [7, 11) is 0. The van der Waals surface area contributed by atoms with E-state index in [1.807, 2.05) is 0 Å². The number of carbonyl (C=O) groups is 2. The molecule has 7 nitrogen and oxygen atoms in total. The van der Waals surface area contributed by atoms with E-state index in [1.54, 1.807) is 12.1 Å². The lowest BCUT2D eigenvalue weighted by Crippen LogP contribution is -2.17. The van der Waals surface area contributed by atoms with Gasteiger partial charge in [-0.15, -0.1) is 0 Å². The number of aromatic amines is 1. The Morgan fingerprint density at radius 3 is 2.65 bits per heavy atom. The van der Waals surface area contributed by atoms with Crippen LogP contribution in [0.3, 0.4) is 0 Å². The molecule has 0 bridgehead atoms. The molecule has 3 rings (SSSR count). The maximum atomic E-state index is 12.8. The van der Waals surface area contributed by atoms with Crippen molar-refractivity contribution >= 4 is 11.6 Å². The fraction of sp³-hybridized carbons (Fsp3) is 0.133. The normalized spacial score (nSPS) is 10.7. The predicted octanol–water partition coefficient (Wildman–Crippen LogP) is 1.52. The SMILES string of the molecule is O=C(Cc1cnc(Cc2ccc(F)cc2)o1)C(=O)c1ncn[nH]1. The fourth-order valence-electron chi connectivity index (χ4n) is 1.97. The Hall–Kier alpha value is -3.16. The van der Waals surface area contributed by atoms with Crippen LogP contribution in [0.2, 0.25) is 0 Å². The lowest BCUT2D eigenvalue weighted by atomic mass is 10.1. The molecule has 0 saturated carbocycles. The van der Waals surface area contributed by atoms with Crippen molar-refractivity contribution in [3.63, 3.8) is 0 Å². The lowest BCUT2D eigenvalue weighted by Gasteiger charge is -1.97. The summed E-state index contributed by atoms with van der Waals surface area (Å²) in [5.41, 5.74) is 0.823. The van der Waals surface area contributed by atoms with Crippen LogP contribution in [0.25, 0.3) is 0 Å². The van der Waals surface area contributed by atoms with Crippen LogP contribution in [-0.4, -0.2) is 31.7 Å². The summed E-state index contributed by atoms with van der Waals surface area (Å²) in [5.74, 6) is -1.21. The van der Waals surface area contributed by atoms with Crippen molar-refractivity contribution in [1.29, 1.82) is 0 Å². The molecule has 8 heteroatoms. The third-order valence-corrected chi connectivity index (χ3v) is 3.09. The number of halogens is 1. The van der Waals surface area contributed by atoms with Gasteiger partial charge in [-0.1, -0.05) is 12.1 Å². The fourth-order valence-corrected chi connectivity index (χ4v) is 1.97. The summed E-state index contributed by atoms with van der Waals surface area (Å²) in [5, 5.41) is 5.86. The van der Waals surface area contributed by atoms with Crippen molar-refractivity contribution in [3.8, 4) is 0 Å². The Morgan fingerprint density at radius 1 is 1.17 bits per heavy atom. The average molecular weight is 314 g/mol. The van der Waals surface area contributed by atoms with Crippen molar-refractivity contribution in [1.82, 2.24) is 20.2 Å². The Kier molecular flexibility index (Phi) is 4.05. The van der Waals surface area contributed by atoms with Gasteiger partial charge in [-0.25, -0.2) is 14.4 Å². The van der Waals surface area contributed by atoms with E-state index in [0.717, 1.165) is 11.9 Å². The minimum atomic E-state index is -0.765. The van der Waals surface area contributed by atoms with Gasteiger partial charge < -0.3 is 4.42 Å². The molecule has 0 fully saturated rings. The minimum Gasteiger partial charge on any atom is -0.445 e. The molecule has 0 atom stereocenters. The number of oxazole rings is 1. The molecule has 1 aromatic carbocycles. The third kappa shape index (κ3) is 3.54. The number of benzene rings is 1. The van der Waals surface area contributed by atoms with Gasteiger partial charge >= 0.3 is 0 Å².